The van der Waals surface area contributed by atoms with Gasteiger partial charge in [0.05, 0.1) is 11.9 Å². The second kappa shape index (κ2) is 8.68. The van der Waals surface area contributed by atoms with Crippen LogP contribution in [-0.2, 0) is 14.8 Å². The van der Waals surface area contributed by atoms with Crippen LogP contribution in [0.15, 0.2) is 36.4 Å². The number of carbonyl (C=O) groups is 1. The van der Waals surface area contributed by atoms with E-state index in [1.165, 1.54) is 21.1 Å². The monoisotopic (exact) mass is 429 g/mol. The second-order valence-corrected chi connectivity index (χ2v) is 10.0. The molecular formula is C23H31N3O3S. The Kier molecular flexibility index (Phi) is 6.41. The normalized spacial score (nSPS) is 14.7. The lowest BCUT2D eigenvalue weighted by molar-refractivity contribution is -0.129. The Morgan fingerprint density at radius 3 is 2.00 bits per heavy atom. The van der Waals surface area contributed by atoms with Gasteiger partial charge in [-0.15, -0.1) is 0 Å². The average molecular weight is 430 g/mol. The maximum Gasteiger partial charge on any atom is 0.243 e. The molecular weight excluding hydrogens is 398 g/mol. The molecule has 3 rings (SSSR count). The molecule has 0 atom stereocenters. The highest BCUT2D eigenvalue weighted by Crippen LogP contribution is 2.27. The Morgan fingerprint density at radius 1 is 0.900 bits per heavy atom. The number of piperazine rings is 1. The van der Waals surface area contributed by atoms with Gasteiger partial charge in [0, 0.05) is 31.9 Å². The van der Waals surface area contributed by atoms with E-state index in [4.69, 9.17) is 0 Å². The fraction of sp³-hybridized carbons (Fsp3) is 0.435. The van der Waals surface area contributed by atoms with Crippen molar-refractivity contribution in [3.8, 4) is 0 Å². The average Bonchev–Trinajstić information content (AvgIpc) is 2.68. The van der Waals surface area contributed by atoms with E-state index in [0.29, 0.717) is 18.8 Å². The molecule has 1 aliphatic heterocycles. The number of hydrogen-bond acceptors (Lipinski definition) is 4. The summed E-state index contributed by atoms with van der Waals surface area (Å²) in [7, 11) is -3.59. The van der Waals surface area contributed by atoms with Crippen molar-refractivity contribution in [3.63, 3.8) is 0 Å². The first-order valence-corrected chi connectivity index (χ1v) is 12.1. The summed E-state index contributed by atoms with van der Waals surface area (Å²) in [6.45, 7) is 10.4. The van der Waals surface area contributed by atoms with Gasteiger partial charge < -0.3 is 9.80 Å². The van der Waals surface area contributed by atoms with Crippen molar-refractivity contribution >= 4 is 27.3 Å². The van der Waals surface area contributed by atoms with Crippen LogP contribution in [0.1, 0.15) is 22.3 Å². The number of benzene rings is 2. The zero-order valence-corrected chi connectivity index (χ0v) is 19.3. The molecule has 0 radical (unpaired) electrons. The van der Waals surface area contributed by atoms with Gasteiger partial charge in [-0.2, -0.15) is 0 Å². The van der Waals surface area contributed by atoms with E-state index in [-0.39, 0.29) is 12.5 Å². The molecule has 1 amide bonds. The summed E-state index contributed by atoms with van der Waals surface area (Å²) in [5.41, 5.74) is 6.00. The number of carbonyl (C=O) groups excluding carboxylic acids is 1. The second-order valence-electron chi connectivity index (χ2n) is 8.10. The van der Waals surface area contributed by atoms with Gasteiger partial charge >= 0.3 is 0 Å². The molecule has 0 aliphatic carbocycles. The van der Waals surface area contributed by atoms with E-state index < -0.39 is 10.0 Å². The van der Waals surface area contributed by atoms with Gasteiger partial charge in [-0.3, -0.25) is 9.10 Å². The highest BCUT2D eigenvalue weighted by atomic mass is 32.2. The summed E-state index contributed by atoms with van der Waals surface area (Å²) < 4.78 is 26.3. The van der Waals surface area contributed by atoms with Crippen LogP contribution in [0.5, 0.6) is 0 Å². The number of aryl methyl sites for hydroxylation is 3. The maximum atomic E-state index is 13.0. The van der Waals surface area contributed by atoms with E-state index >= 15 is 0 Å². The summed E-state index contributed by atoms with van der Waals surface area (Å²) in [6.07, 6.45) is 1.16. The number of amides is 1. The van der Waals surface area contributed by atoms with E-state index in [1.807, 2.05) is 32.0 Å². The number of rotatable bonds is 5. The SMILES string of the molecule is Cc1cccc(N2CCN(C(=O)CN(c3c(C)cccc3C)S(C)(=O)=O)CC2)c1C. The molecule has 1 fully saturated rings. The van der Waals surface area contributed by atoms with Gasteiger partial charge in [-0.05, 0) is 56.0 Å². The lowest BCUT2D eigenvalue weighted by Gasteiger charge is -2.38. The Hall–Kier alpha value is -2.54. The maximum absolute atomic E-state index is 13.0. The summed E-state index contributed by atoms with van der Waals surface area (Å²) in [4.78, 5) is 17.1. The largest absolute Gasteiger partial charge is 0.368 e. The smallest absolute Gasteiger partial charge is 0.243 e. The lowest BCUT2D eigenvalue weighted by atomic mass is 10.1. The molecule has 0 bridgehead atoms. The minimum absolute atomic E-state index is 0.163. The topological polar surface area (TPSA) is 60.9 Å². The van der Waals surface area contributed by atoms with E-state index in [2.05, 4.69) is 36.9 Å². The zero-order chi connectivity index (χ0) is 22.1. The van der Waals surface area contributed by atoms with Crippen molar-refractivity contribution in [2.75, 3.05) is 48.2 Å². The van der Waals surface area contributed by atoms with Crippen LogP contribution < -0.4 is 9.21 Å². The molecule has 2 aromatic carbocycles. The summed E-state index contributed by atoms with van der Waals surface area (Å²) in [5, 5.41) is 0. The summed E-state index contributed by atoms with van der Waals surface area (Å²) in [5.74, 6) is -0.163. The first kappa shape index (κ1) is 22.2. The van der Waals surface area contributed by atoms with Crippen molar-refractivity contribution in [2.45, 2.75) is 27.7 Å². The van der Waals surface area contributed by atoms with Crippen molar-refractivity contribution < 1.29 is 13.2 Å². The van der Waals surface area contributed by atoms with Gasteiger partial charge in [0.25, 0.3) is 0 Å². The fourth-order valence-corrected chi connectivity index (χ4v) is 5.02. The minimum atomic E-state index is -3.59. The number of sulfonamides is 1. The molecule has 2 aromatic rings. The first-order valence-electron chi connectivity index (χ1n) is 10.2. The van der Waals surface area contributed by atoms with Gasteiger partial charge in [-0.1, -0.05) is 30.3 Å². The lowest BCUT2D eigenvalue weighted by Crippen LogP contribution is -2.52. The van der Waals surface area contributed by atoms with Gasteiger partial charge in [0.1, 0.15) is 6.54 Å². The van der Waals surface area contributed by atoms with Crippen molar-refractivity contribution in [1.82, 2.24) is 4.90 Å². The van der Waals surface area contributed by atoms with Crippen LogP contribution in [0.2, 0.25) is 0 Å². The molecule has 0 aromatic heterocycles. The van der Waals surface area contributed by atoms with Crippen LogP contribution in [0.3, 0.4) is 0 Å². The number of anilines is 2. The first-order chi connectivity index (χ1) is 14.1. The van der Waals surface area contributed by atoms with Crippen molar-refractivity contribution in [1.29, 1.82) is 0 Å². The van der Waals surface area contributed by atoms with Crippen molar-refractivity contribution in [2.24, 2.45) is 0 Å². The third kappa shape index (κ3) is 4.61. The Morgan fingerprint density at radius 2 is 1.43 bits per heavy atom. The molecule has 1 heterocycles. The predicted octanol–water partition coefficient (Wildman–Crippen LogP) is 3.04. The molecule has 162 valence electrons. The molecule has 0 unspecified atom stereocenters. The number of nitrogens with zero attached hydrogens (tertiary/aromatic N) is 3. The highest BCUT2D eigenvalue weighted by molar-refractivity contribution is 7.92. The number of hydrogen-bond donors (Lipinski definition) is 0. The van der Waals surface area contributed by atoms with Crippen LogP contribution >= 0.6 is 0 Å². The van der Waals surface area contributed by atoms with Gasteiger partial charge in [-0.25, -0.2) is 8.42 Å². The zero-order valence-electron chi connectivity index (χ0n) is 18.5. The Labute approximate surface area is 180 Å². The highest BCUT2D eigenvalue weighted by Gasteiger charge is 2.28. The summed E-state index contributed by atoms with van der Waals surface area (Å²) in [6, 6.07) is 11.9. The quantitative estimate of drug-likeness (QED) is 0.733. The van der Waals surface area contributed by atoms with Crippen molar-refractivity contribution in [3.05, 3.63) is 58.7 Å². The Bertz CT molecular complexity index is 1020. The molecule has 30 heavy (non-hydrogen) atoms. The number of para-hydroxylation sites is 1. The van der Waals surface area contributed by atoms with E-state index in [1.54, 1.807) is 4.90 Å². The van der Waals surface area contributed by atoms with Gasteiger partial charge in [0.2, 0.25) is 15.9 Å². The molecule has 6 nitrogen and oxygen atoms in total. The van der Waals surface area contributed by atoms with Crippen LogP contribution in [0.25, 0.3) is 0 Å². The van der Waals surface area contributed by atoms with Gasteiger partial charge in [0.15, 0.2) is 0 Å². The van der Waals surface area contributed by atoms with Crippen LogP contribution in [-0.4, -0.2) is 58.2 Å². The molecule has 0 N–H and O–H groups in total. The third-order valence-electron chi connectivity index (χ3n) is 5.92. The van der Waals surface area contributed by atoms with E-state index in [0.717, 1.165) is 30.5 Å². The van der Waals surface area contributed by atoms with E-state index in [9.17, 15) is 13.2 Å². The predicted molar refractivity (Wildman–Crippen MR) is 123 cm³/mol. The Balaban J connectivity index is 1.73. The summed E-state index contributed by atoms with van der Waals surface area (Å²) >= 11 is 0. The third-order valence-corrected chi connectivity index (χ3v) is 7.03. The molecule has 0 saturated carbocycles. The molecule has 1 saturated heterocycles. The molecule has 0 spiro atoms. The molecule has 1 aliphatic rings. The fourth-order valence-electron chi connectivity index (χ4n) is 4.06. The van der Waals surface area contributed by atoms with Crippen LogP contribution in [0, 0.1) is 27.7 Å². The van der Waals surface area contributed by atoms with Crippen LogP contribution in [0.4, 0.5) is 11.4 Å². The minimum Gasteiger partial charge on any atom is -0.368 e. The molecule has 7 heteroatoms. The standard InChI is InChI=1S/C23H31N3O3S/c1-17-8-7-11-21(20(17)4)24-12-14-25(15-13-24)22(27)16-26(30(5,28)29)23-18(2)9-6-10-19(23)3/h6-11H,12-16H2,1-5H3.